The van der Waals surface area contributed by atoms with Gasteiger partial charge in [-0.25, -0.2) is 9.78 Å². The van der Waals surface area contributed by atoms with Crippen LogP contribution in [0, 0.1) is 0 Å². The molecule has 1 aromatic heterocycles. The first-order chi connectivity index (χ1) is 12.5. The van der Waals surface area contributed by atoms with Crippen molar-refractivity contribution in [2.24, 2.45) is 0 Å². The van der Waals surface area contributed by atoms with Crippen LogP contribution in [0.15, 0.2) is 12.5 Å². The number of carbonyl (C=O) groups excluding carboxylic acids is 3. The first-order valence-corrected chi connectivity index (χ1v) is 8.56. The summed E-state index contributed by atoms with van der Waals surface area (Å²) in [6, 6.07) is -2.48. The molecule has 10 heteroatoms. The Labute approximate surface area is 149 Å². The summed E-state index contributed by atoms with van der Waals surface area (Å²) in [5.41, 5.74) is 0.644. The van der Waals surface area contributed by atoms with Gasteiger partial charge in [-0.05, 0) is 19.3 Å². The molecule has 2 aliphatic heterocycles. The normalized spacial score (nSPS) is 23.5. The molecule has 2 fully saturated rings. The fourth-order valence-corrected chi connectivity index (χ4v) is 3.39. The Morgan fingerprint density at radius 3 is 2.81 bits per heavy atom. The molecule has 0 radical (unpaired) electrons. The van der Waals surface area contributed by atoms with Gasteiger partial charge < -0.3 is 25.6 Å². The van der Waals surface area contributed by atoms with Gasteiger partial charge in [-0.15, -0.1) is 0 Å². The molecule has 2 aliphatic rings. The van der Waals surface area contributed by atoms with E-state index in [0.717, 1.165) is 0 Å². The molecule has 26 heavy (non-hydrogen) atoms. The summed E-state index contributed by atoms with van der Waals surface area (Å²) in [5, 5.41) is 14.5. The van der Waals surface area contributed by atoms with Crippen LogP contribution in [0.25, 0.3) is 0 Å². The highest BCUT2D eigenvalue weighted by atomic mass is 16.4. The van der Waals surface area contributed by atoms with E-state index in [1.807, 2.05) is 0 Å². The van der Waals surface area contributed by atoms with Crippen LogP contribution < -0.4 is 10.6 Å². The largest absolute Gasteiger partial charge is 0.480 e. The average Bonchev–Trinajstić information content (AvgIpc) is 3.34. The average molecular weight is 363 g/mol. The molecular weight excluding hydrogens is 342 g/mol. The minimum absolute atomic E-state index is 0.161. The number of amides is 3. The minimum atomic E-state index is -1.05. The summed E-state index contributed by atoms with van der Waals surface area (Å²) < 4.78 is 0. The zero-order valence-corrected chi connectivity index (χ0v) is 14.1. The van der Waals surface area contributed by atoms with E-state index in [1.54, 1.807) is 6.20 Å². The highest BCUT2D eigenvalue weighted by Gasteiger charge is 2.39. The highest BCUT2D eigenvalue weighted by molar-refractivity contribution is 5.95. The van der Waals surface area contributed by atoms with Crippen LogP contribution in [0.1, 0.15) is 31.4 Å². The lowest BCUT2D eigenvalue weighted by Gasteiger charge is -2.27. The van der Waals surface area contributed by atoms with Gasteiger partial charge in [0.25, 0.3) is 0 Å². The molecule has 2 saturated heterocycles. The molecule has 4 N–H and O–H groups in total. The van der Waals surface area contributed by atoms with Crippen LogP contribution in [-0.4, -0.2) is 68.3 Å². The Balaban J connectivity index is 1.74. The van der Waals surface area contributed by atoms with Crippen molar-refractivity contribution >= 4 is 23.7 Å². The van der Waals surface area contributed by atoms with Crippen molar-refractivity contribution in [1.29, 1.82) is 0 Å². The second kappa shape index (κ2) is 7.54. The van der Waals surface area contributed by atoms with Gasteiger partial charge in [0, 0.05) is 31.3 Å². The van der Waals surface area contributed by atoms with Gasteiger partial charge in [0.05, 0.1) is 6.33 Å². The van der Waals surface area contributed by atoms with Gasteiger partial charge in [-0.2, -0.15) is 0 Å². The van der Waals surface area contributed by atoms with Gasteiger partial charge in [-0.3, -0.25) is 14.4 Å². The quantitative estimate of drug-likeness (QED) is 0.499. The van der Waals surface area contributed by atoms with Crippen molar-refractivity contribution in [2.75, 3.05) is 6.54 Å². The van der Waals surface area contributed by atoms with Gasteiger partial charge in [-0.1, -0.05) is 0 Å². The number of hydrogen-bond donors (Lipinski definition) is 4. The van der Waals surface area contributed by atoms with Crippen molar-refractivity contribution < 1.29 is 24.3 Å². The lowest BCUT2D eigenvalue weighted by Crippen LogP contribution is -2.55. The molecule has 3 amide bonds. The standard InChI is InChI=1S/C16H21N5O5/c22-13-4-3-10(19-13)14(23)20-11(6-9-7-17-8-18-9)15(24)21-5-1-2-12(21)16(25)26/h7-8,10-12H,1-6H2,(H,17,18)(H,19,22)(H,20,23)(H,25,26)/t10-,11-,12-/m0/s1. The smallest absolute Gasteiger partial charge is 0.326 e. The first-order valence-electron chi connectivity index (χ1n) is 8.56. The fraction of sp³-hybridized carbons (Fsp3) is 0.562. The van der Waals surface area contributed by atoms with E-state index in [1.165, 1.54) is 11.2 Å². The number of carboxylic acid groups (broad SMARTS) is 1. The number of carbonyl (C=O) groups is 4. The van der Waals surface area contributed by atoms with E-state index in [2.05, 4.69) is 20.6 Å². The molecule has 3 rings (SSSR count). The first kappa shape index (κ1) is 17.9. The molecule has 0 saturated carbocycles. The van der Waals surface area contributed by atoms with Crippen LogP contribution in [-0.2, 0) is 25.6 Å². The second-order valence-electron chi connectivity index (χ2n) is 6.53. The number of nitrogens with one attached hydrogen (secondary N) is 3. The van der Waals surface area contributed by atoms with E-state index >= 15 is 0 Å². The third-order valence-electron chi connectivity index (χ3n) is 4.73. The Morgan fingerprint density at radius 2 is 2.19 bits per heavy atom. The Hall–Kier alpha value is -2.91. The summed E-state index contributed by atoms with van der Waals surface area (Å²) >= 11 is 0. The number of aliphatic carboxylic acids is 1. The van der Waals surface area contributed by atoms with Gasteiger partial charge in [0.2, 0.25) is 17.7 Å². The number of hydrogen-bond acceptors (Lipinski definition) is 5. The van der Waals surface area contributed by atoms with Crippen LogP contribution >= 0.6 is 0 Å². The third-order valence-corrected chi connectivity index (χ3v) is 4.73. The molecule has 0 spiro atoms. The van der Waals surface area contributed by atoms with Crippen LogP contribution in [0.3, 0.4) is 0 Å². The van der Waals surface area contributed by atoms with Crippen molar-refractivity contribution in [3.05, 3.63) is 18.2 Å². The van der Waals surface area contributed by atoms with Crippen molar-refractivity contribution in [3.63, 3.8) is 0 Å². The fourth-order valence-electron chi connectivity index (χ4n) is 3.39. The number of H-pyrrole nitrogens is 1. The number of likely N-dealkylation sites (tertiary alicyclic amines) is 1. The Morgan fingerprint density at radius 1 is 1.38 bits per heavy atom. The molecule has 0 unspecified atom stereocenters. The summed E-state index contributed by atoms with van der Waals surface area (Å²) in [6.45, 7) is 0.339. The molecule has 10 nitrogen and oxygen atoms in total. The van der Waals surface area contributed by atoms with Gasteiger partial charge in [0.1, 0.15) is 18.1 Å². The molecule has 140 valence electrons. The Bertz CT molecular complexity index is 704. The summed E-state index contributed by atoms with van der Waals surface area (Å²) in [6.07, 6.45) is 4.81. The van der Waals surface area contributed by atoms with E-state index in [4.69, 9.17) is 0 Å². The number of carboxylic acids is 1. The number of nitrogens with zero attached hydrogens (tertiary/aromatic N) is 2. The van der Waals surface area contributed by atoms with Crippen LogP contribution in [0.4, 0.5) is 0 Å². The topological polar surface area (TPSA) is 144 Å². The second-order valence-corrected chi connectivity index (χ2v) is 6.53. The van der Waals surface area contributed by atoms with E-state index < -0.39 is 35.9 Å². The minimum Gasteiger partial charge on any atom is -0.480 e. The summed E-state index contributed by atoms with van der Waals surface area (Å²) in [4.78, 5) is 56.1. The molecule has 3 heterocycles. The molecule has 0 aliphatic carbocycles. The number of imidazole rings is 1. The molecule has 3 atom stereocenters. The maximum Gasteiger partial charge on any atom is 0.326 e. The number of aromatic nitrogens is 2. The summed E-state index contributed by atoms with van der Waals surface area (Å²) in [5.74, 6) is -2.14. The molecule has 0 aromatic carbocycles. The zero-order valence-electron chi connectivity index (χ0n) is 14.1. The predicted molar refractivity (Wildman–Crippen MR) is 87.8 cm³/mol. The highest BCUT2D eigenvalue weighted by Crippen LogP contribution is 2.19. The monoisotopic (exact) mass is 363 g/mol. The number of rotatable bonds is 6. The van der Waals surface area contributed by atoms with Crippen molar-refractivity contribution in [3.8, 4) is 0 Å². The van der Waals surface area contributed by atoms with E-state index in [-0.39, 0.29) is 18.7 Å². The van der Waals surface area contributed by atoms with Crippen LogP contribution in [0.2, 0.25) is 0 Å². The zero-order chi connectivity index (χ0) is 18.7. The van der Waals surface area contributed by atoms with Gasteiger partial charge >= 0.3 is 5.97 Å². The Kier molecular flexibility index (Phi) is 5.19. The maximum absolute atomic E-state index is 12.9. The lowest BCUT2D eigenvalue weighted by atomic mass is 10.1. The third kappa shape index (κ3) is 3.84. The van der Waals surface area contributed by atoms with E-state index in [9.17, 15) is 24.3 Å². The molecule has 1 aromatic rings. The summed E-state index contributed by atoms with van der Waals surface area (Å²) in [7, 11) is 0. The van der Waals surface area contributed by atoms with E-state index in [0.29, 0.717) is 31.5 Å². The van der Waals surface area contributed by atoms with Crippen molar-refractivity contribution in [1.82, 2.24) is 25.5 Å². The van der Waals surface area contributed by atoms with Crippen molar-refractivity contribution in [2.45, 2.75) is 50.2 Å². The molecular formula is C16H21N5O5. The van der Waals surface area contributed by atoms with Crippen LogP contribution in [0.5, 0.6) is 0 Å². The maximum atomic E-state index is 12.9. The molecule has 0 bridgehead atoms. The SMILES string of the molecule is O=C1CC[C@@H](C(=O)N[C@@H](Cc2cnc[nH]2)C(=O)N2CCC[C@H]2C(=O)O)N1. The lowest BCUT2D eigenvalue weighted by molar-refractivity contribution is -0.149. The number of aromatic amines is 1. The van der Waals surface area contributed by atoms with Gasteiger partial charge in [0.15, 0.2) is 0 Å². The predicted octanol–water partition coefficient (Wildman–Crippen LogP) is -1.21.